The van der Waals surface area contributed by atoms with Gasteiger partial charge in [0.05, 0.1) is 29.6 Å². The van der Waals surface area contributed by atoms with E-state index in [9.17, 15) is 21.6 Å². The van der Waals surface area contributed by atoms with Crippen molar-refractivity contribution < 1.29 is 26.3 Å². The normalized spacial score (nSPS) is 13.0. The van der Waals surface area contributed by atoms with Crippen LogP contribution in [0.15, 0.2) is 23.1 Å². The molecule has 2 aromatic rings. The Balaban J connectivity index is 2.39. The number of nitrogens with zero attached hydrogens (tertiary/aromatic N) is 2. The van der Waals surface area contributed by atoms with Crippen molar-refractivity contribution >= 4 is 10.0 Å². The first-order valence-corrected chi connectivity index (χ1v) is 9.97. The maximum Gasteiger partial charge on any atom is 0.416 e. The number of alkyl halides is 3. The molecule has 1 aromatic heterocycles. The van der Waals surface area contributed by atoms with Gasteiger partial charge in [-0.05, 0) is 52.3 Å². The number of hydrogen-bond acceptors (Lipinski definition) is 4. The minimum absolute atomic E-state index is 0.0236. The maximum atomic E-state index is 13.3. The third-order valence-electron chi connectivity index (χ3n) is 4.20. The molecule has 2 rings (SSSR count). The Hall–Kier alpha value is -2.07. The van der Waals surface area contributed by atoms with Crippen molar-refractivity contribution in [2.75, 3.05) is 7.11 Å². The monoisotopic (exact) mass is 419 g/mol. The Bertz CT molecular complexity index is 974. The SMILES string of the molecule is COc1ccc(CNS(=O)(=O)c2c(C)nn(C(C)(C)C)c2C)c(C(F)(F)F)c1. The molecule has 1 heterocycles. The summed E-state index contributed by atoms with van der Waals surface area (Å²) in [4.78, 5) is -0.0236. The zero-order chi connectivity index (χ0) is 21.5. The molecule has 0 bridgehead atoms. The van der Waals surface area contributed by atoms with E-state index in [1.807, 2.05) is 20.8 Å². The highest BCUT2D eigenvalue weighted by molar-refractivity contribution is 7.89. The summed E-state index contributed by atoms with van der Waals surface area (Å²) < 4.78 is 74.3. The van der Waals surface area contributed by atoms with E-state index in [1.165, 1.54) is 19.2 Å². The molecule has 0 atom stereocenters. The summed E-state index contributed by atoms with van der Waals surface area (Å²) in [6.07, 6.45) is -4.64. The van der Waals surface area contributed by atoms with E-state index in [0.717, 1.165) is 6.07 Å². The molecule has 1 aromatic carbocycles. The molecular formula is C18H24F3N3O3S. The Morgan fingerprint density at radius 3 is 2.25 bits per heavy atom. The van der Waals surface area contributed by atoms with E-state index in [0.29, 0.717) is 5.69 Å². The number of halogens is 3. The van der Waals surface area contributed by atoms with E-state index in [4.69, 9.17) is 4.74 Å². The van der Waals surface area contributed by atoms with E-state index < -0.39 is 33.8 Å². The second kappa shape index (κ2) is 7.40. The number of ether oxygens (including phenoxy) is 1. The van der Waals surface area contributed by atoms with Crippen LogP contribution >= 0.6 is 0 Å². The van der Waals surface area contributed by atoms with Crippen molar-refractivity contribution in [1.82, 2.24) is 14.5 Å². The average Bonchev–Trinajstić information content (AvgIpc) is 2.87. The van der Waals surface area contributed by atoms with Crippen LogP contribution in [0.5, 0.6) is 5.75 Å². The quantitative estimate of drug-likeness (QED) is 0.801. The van der Waals surface area contributed by atoms with Crippen LogP contribution in [0.3, 0.4) is 0 Å². The molecule has 0 aliphatic rings. The van der Waals surface area contributed by atoms with Crippen LogP contribution in [0.2, 0.25) is 0 Å². The summed E-state index contributed by atoms with van der Waals surface area (Å²) in [5, 5.41) is 4.28. The van der Waals surface area contributed by atoms with Gasteiger partial charge in [-0.3, -0.25) is 4.68 Å². The molecule has 0 amide bonds. The van der Waals surface area contributed by atoms with Gasteiger partial charge < -0.3 is 4.74 Å². The number of aryl methyl sites for hydroxylation is 1. The van der Waals surface area contributed by atoms with Crippen LogP contribution in [-0.2, 0) is 28.3 Å². The highest BCUT2D eigenvalue weighted by Gasteiger charge is 2.34. The fraction of sp³-hybridized carbons (Fsp3) is 0.500. The number of nitrogens with one attached hydrogen (secondary N) is 1. The fourth-order valence-electron chi connectivity index (χ4n) is 3.02. The highest BCUT2D eigenvalue weighted by atomic mass is 32.2. The van der Waals surface area contributed by atoms with Crippen LogP contribution in [0.1, 0.15) is 43.3 Å². The summed E-state index contributed by atoms with van der Waals surface area (Å²) in [5.74, 6) is 0.0390. The Labute approximate surface area is 162 Å². The molecule has 0 fully saturated rings. The van der Waals surface area contributed by atoms with Crippen LogP contribution in [0.4, 0.5) is 13.2 Å². The number of hydrogen-bond donors (Lipinski definition) is 1. The molecule has 0 saturated carbocycles. The third kappa shape index (κ3) is 4.49. The van der Waals surface area contributed by atoms with Gasteiger partial charge in [0, 0.05) is 6.54 Å². The van der Waals surface area contributed by atoms with Gasteiger partial charge in [0.1, 0.15) is 10.6 Å². The van der Waals surface area contributed by atoms with Gasteiger partial charge in [-0.1, -0.05) is 6.07 Å². The first-order valence-electron chi connectivity index (χ1n) is 8.49. The van der Waals surface area contributed by atoms with E-state index in [2.05, 4.69) is 9.82 Å². The largest absolute Gasteiger partial charge is 0.497 e. The molecule has 1 N–H and O–H groups in total. The summed E-state index contributed by atoms with van der Waals surface area (Å²) in [7, 11) is -2.81. The lowest BCUT2D eigenvalue weighted by Crippen LogP contribution is -2.27. The van der Waals surface area contributed by atoms with Gasteiger partial charge in [0.2, 0.25) is 10.0 Å². The minimum Gasteiger partial charge on any atom is -0.497 e. The first kappa shape index (κ1) is 22.2. The average molecular weight is 419 g/mol. The van der Waals surface area contributed by atoms with Gasteiger partial charge in [-0.15, -0.1) is 0 Å². The standard InChI is InChI=1S/C18H24F3N3O3S/c1-11-16(12(2)24(23-11)17(3,4)5)28(25,26)22-10-13-7-8-14(27-6)9-15(13)18(19,20)21/h7-9,22H,10H2,1-6H3. The van der Waals surface area contributed by atoms with Gasteiger partial charge in [-0.25, -0.2) is 13.1 Å². The predicted octanol–water partition coefficient (Wildman–Crippen LogP) is 3.76. The summed E-state index contributed by atoms with van der Waals surface area (Å²) >= 11 is 0. The number of aromatic nitrogens is 2. The van der Waals surface area contributed by atoms with E-state index in [-0.39, 0.29) is 21.9 Å². The number of rotatable bonds is 5. The third-order valence-corrected chi connectivity index (χ3v) is 5.86. The number of sulfonamides is 1. The van der Waals surface area contributed by atoms with Crippen LogP contribution in [0.25, 0.3) is 0 Å². The maximum absolute atomic E-state index is 13.3. The molecule has 0 spiro atoms. The molecule has 0 aliphatic carbocycles. The number of methoxy groups -OCH3 is 1. The van der Waals surface area contributed by atoms with Crippen molar-refractivity contribution in [1.29, 1.82) is 0 Å². The van der Waals surface area contributed by atoms with Crippen LogP contribution < -0.4 is 9.46 Å². The molecule has 10 heteroatoms. The minimum atomic E-state index is -4.64. The van der Waals surface area contributed by atoms with Crippen molar-refractivity contribution in [2.45, 2.75) is 57.8 Å². The molecule has 28 heavy (non-hydrogen) atoms. The van der Waals surface area contributed by atoms with Crippen LogP contribution in [-0.4, -0.2) is 25.3 Å². The Morgan fingerprint density at radius 1 is 1.18 bits per heavy atom. The van der Waals surface area contributed by atoms with Gasteiger partial charge in [0.25, 0.3) is 0 Å². The van der Waals surface area contributed by atoms with Crippen molar-refractivity contribution in [3.8, 4) is 5.75 Å². The Kier molecular flexibility index (Phi) is 5.87. The lowest BCUT2D eigenvalue weighted by molar-refractivity contribution is -0.138. The second-order valence-corrected chi connectivity index (χ2v) is 9.13. The molecule has 156 valence electrons. The van der Waals surface area contributed by atoms with Crippen molar-refractivity contribution in [2.24, 2.45) is 0 Å². The van der Waals surface area contributed by atoms with E-state index in [1.54, 1.807) is 18.5 Å². The number of benzene rings is 1. The first-order chi connectivity index (χ1) is 12.7. The molecule has 0 unspecified atom stereocenters. The van der Waals surface area contributed by atoms with E-state index >= 15 is 0 Å². The Morgan fingerprint density at radius 2 is 1.79 bits per heavy atom. The van der Waals surface area contributed by atoms with Crippen molar-refractivity contribution in [3.05, 3.63) is 40.7 Å². The molecular weight excluding hydrogens is 395 g/mol. The lowest BCUT2D eigenvalue weighted by Gasteiger charge is -2.21. The zero-order valence-corrected chi connectivity index (χ0v) is 17.4. The van der Waals surface area contributed by atoms with Gasteiger partial charge in [-0.2, -0.15) is 18.3 Å². The topological polar surface area (TPSA) is 73.2 Å². The lowest BCUT2D eigenvalue weighted by atomic mass is 10.1. The zero-order valence-electron chi connectivity index (χ0n) is 16.6. The summed E-state index contributed by atoms with van der Waals surface area (Å²) in [6, 6.07) is 3.40. The summed E-state index contributed by atoms with van der Waals surface area (Å²) in [6.45, 7) is 8.29. The predicted molar refractivity (Wildman–Crippen MR) is 98.7 cm³/mol. The molecule has 6 nitrogen and oxygen atoms in total. The van der Waals surface area contributed by atoms with Crippen LogP contribution in [0, 0.1) is 13.8 Å². The highest BCUT2D eigenvalue weighted by Crippen LogP contribution is 2.34. The van der Waals surface area contributed by atoms with Gasteiger partial charge >= 0.3 is 6.18 Å². The van der Waals surface area contributed by atoms with Crippen molar-refractivity contribution in [3.63, 3.8) is 0 Å². The molecule has 0 saturated heterocycles. The summed E-state index contributed by atoms with van der Waals surface area (Å²) in [5.41, 5.74) is -0.889. The smallest absolute Gasteiger partial charge is 0.416 e. The van der Waals surface area contributed by atoms with Gasteiger partial charge in [0.15, 0.2) is 0 Å². The molecule has 0 aliphatic heterocycles. The second-order valence-electron chi connectivity index (χ2n) is 7.43. The molecule has 0 radical (unpaired) electrons. The fourth-order valence-corrected chi connectivity index (χ4v) is 4.41.